The normalized spacial score (nSPS) is 11.0. The number of aromatic nitrogens is 6. The third-order valence-corrected chi connectivity index (χ3v) is 3.13. The van der Waals surface area contributed by atoms with Crippen molar-refractivity contribution in [3.8, 4) is 11.5 Å². The van der Waals surface area contributed by atoms with Crippen LogP contribution in [0.5, 0.6) is 0 Å². The molecule has 0 amide bonds. The Morgan fingerprint density at radius 2 is 1.96 bits per heavy atom. The molecule has 3 heterocycles. The molecule has 114 valence electrons. The maximum Gasteiger partial charge on any atom is 0.322 e. The van der Waals surface area contributed by atoms with E-state index in [4.69, 9.17) is 16.0 Å². The van der Waals surface area contributed by atoms with E-state index in [1.807, 2.05) is 0 Å². The van der Waals surface area contributed by atoms with Gasteiger partial charge in [0, 0.05) is 5.56 Å². The van der Waals surface area contributed by atoms with Gasteiger partial charge in [0.25, 0.3) is 0 Å². The summed E-state index contributed by atoms with van der Waals surface area (Å²) < 4.78 is 18.4. The molecule has 0 spiro atoms. The van der Waals surface area contributed by atoms with Gasteiger partial charge in [0.15, 0.2) is 5.65 Å². The minimum atomic E-state index is -0.339. The molecule has 0 bridgehead atoms. The zero-order chi connectivity index (χ0) is 15.8. The van der Waals surface area contributed by atoms with Crippen LogP contribution in [0.3, 0.4) is 0 Å². The molecule has 0 saturated heterocycles. The van der Waals surface area contributed by atoms with Crippen LogP contribution in [0.25, 0.3) is 22.6 Å². The summed E-state index contributed by atoms with van der Waals surface area (Å²) in [5.41, 5.74) is 1.62. The zero-order valence-corrected chi connectivity index (χ0v) is 12.0. The number of anilines is 2. The predicted octanol–water partition coefficient (Wildman–Crippen LogP) is 2.94. The average Bonchev–Trinajstić information content (AvgIpc) is 3.14. The third-order valence-electron chi connectivity index (χ3n) is 2.95. The second-order valence-corrected chi connectivity index (χ2v) is 4.84. The minimum Gasteiger partial charge on any atom is -0.403 e. The van der Waals surface area contributed by atoms with Crippen molar-refractivity contribution in [3.63, 3.8) is 0 Å². The van der Waals surface area contributed by atoms with Crippen molar-refractivity contribution in [2.75, 3.05) is 5.32 Å². The number of hydrogen-bond acceptors (Lipinski definition) is 7. The number of H-pyrrole nitrogens is 1. The molecule has 4 rings (SSSR count). The Morgan fingerprint density at radius 1 is 1.13 bits per heavy atom. The van der Waals surface area contributed by atoms with Crippen LogP contribution in [0, 0.1) is 5.82 Å². The van der Waals surface area contributed by atoms with Gasteiger partial charge >= 0.3 is 6.01 Å². The average molecular weight is 332 g/mol. The van der Waals surface area contributed by atoms with E-state index in [0.717, 1.165) is 0 Å². The van der Waals surface area contributed by atoms with E-state index in [-0.39, 0.29) is 23.0 Å². The Bertz CT molecular complexity index is 982. The summed E-state index contributed by atoms with van der Waals surface area (Å²) in [5, 5.41) is 10.7. The molecule has 1 aromatic carbocycles. The van der Waals surface area contributed by atoms with E-state index in [0.29, 0.717) is 22.7 Å². The van der Waals surface area contributed by atoms with Gasteiger partial charge in [0.1, 0.15) is 11.3 Å². The molecule has 0 aliphatic carbocycles. The SMILES string of the molecule is Fc1ccc(-c2nnc(Nc3nc4cnc(Cl)nc4[nH]3)o2)cc1. The summed E-state index contributed by atoms with van der Waals surface area (Å²) >= 11 is 5.71. The van der Waals surface area contributed by atoms with Gasteiger partial charge < -0.3 is 9.40 Å². The molecule has 0 unspecified atom stereocenters. The van der Waals surface area contributed by atoms with Crippen molar-refractivity contribution in [2.24, 2.45) is 0 Å². The second kappa shape index (κ2) is 5.29. The van der Waals surface area contributed by atoms with Gasteiger partial charge in [-0.1, -0.05) is 5.10 Å². The molecule has 4 aromatic rings. The standard InChI is InChI=1S/C13H7ClFN7O/c14-11-16-5-8-9(18-11)19-12(17-8)20-13-22-21-10(23-13)6-1-3-7(15)4-2-6/h1-5H,(H2,16,17,18,19,20,22). The summed E-state index contributed by atoms with van der Waals surface area (Å²) in [7, 11) is 0. The summed E-state index contributed by atoms with van der Waals surface area (Å²) in [5.74, 6) is 0.269. The van der Waals surface area contributed by atoms with E-state index in [1.165, 1.54) is 18.3 Å². The van der Waals surface area contributed by atoms with Gasteiger partial charge in [-0.05, 0) is 35.9 Å². The van der Waals surface area contributed by atoms with Gasteiger partial charge in [-0.15, -0.1) is 5.10 Å². The molecule has 3 aromatic heterocycles. The van der Waals surface area contributed by atoms with Crippen LogP contribution in [0.15, 0.2) is 34.9 Å². The highest BCUT2D eigenvalue weighted by atomic mass is 35.5. The van der Waals surface area contributed by atoms with Crippen LogP contribution in [0.1, 0.15) is 0 Å². The van der Waals surface area contributed by atoms with Crippen molar-refractivity contribution in [1.82, 2.24) is 30.1 Å². The van der Waals surface area contributed by atoms with Crippen LogP contribution in [0.4, 0.5) is 16.4 Å². The molecule has 0 atom stereocenters. The van der Waals surface area contributed by atoms with E-state index >= 15 is 0 Å². The first-order valence-corrected chi connectivity index (χ1v) is 6.80. The lowest BCUT2D eigenvalue weighted by Gasteiger charge is -1.95. The first-order valence-electron chi connectivity index (χ1n) is 6.42. The minimum absolute atomic E-state index is 0.115. The number of halogens is 2. The molecule has 2 N–H and O–H groups in total. The number of nitrogens with zero attached hydrogens (tertiary/aromatic N) is 5. The van der Waals surface area contributed by atoms with Crippen molar-refractivity contribution in [2.45, 2.75) is 0 Å². The maximum absolute atomic E-state index is 12.9. The lowest BCUT2D eigenvalue weighted by Crippen LogP contribution is -1.92. The zero-order valence-electron chi connectivity index (χ0n) is 11.3. The molecule has 10 heteroatoms. The Kier molecular flexibility index (Phi) is 3.12. The number of aromatic amines is 1. The van der Waals surface area contributed by atoms with Crippen molar-refractivity contribution in [3.05, 3.63) is 41.6 Å². The van der Waals surface area contributed by atoms with E-state index in [1.54, 1.807) is 12.1 Å². The lowest BCUT2D eigenvalue weighted by molar-refractivity contribution is 0.586. The fraction of sp³-hybridized carbons (Fsp3) is 0. The van der Waals surface area contributed by atoms with Gasteiger partial charge in [-0.25, -0.2) is 14.4 Å². The van der Waals surface area contributed by atoms with E-state index < -0.39 is 0 Å². The van der Waals surface area contributed by atoms with Crippen LogP contribution >= 0.6 is 11.6 Å². The highest BCUT2D eigenvalue weighted by Gasteiger charge is 2.11. The maximum atomic E-state index is 12.9. The summed E-state index contributed by atoms with van der Waals surface area (Å²) in [6.07, 6.45) is 1.49. The van der Waals surface area contributed by atoms with Crippen LogP contribution in [-0.2, 0) is 0 Å². The summed E-state index contributed by atoms with van der Waals surface area (Å²) in [6.45, 7) is 0. The Hall–Kier alpha value is -3.07. The van der Waals surface area contributed by atoms with Gasteiger partial charge in [-0.2, -0.15) is 4.98 Å². The van der Waals surface area contributed by atoms with E-state index in [2.05, 4.69) is 35.5 Å². The lowest BCUT2D eigenvalue weighted by atomic mass is 10.2. The van der Waals surface area contributed by atoms with Crippen molar-refractivity contribution >= 4 is 34.7 Å². The number of benzene rings is 1. The monoisotopic (exact) mass is 331 g/mol. The van der Waals surface area contributed by atoms with Crippen LogP contribution in [0.2, 0.25) is 5.28 Å². The number of nitrogens with one attached hydrogen (secondary N) is 2. The summed E-state index contributed by atoms with van der Waals surface area (Å²) in [6, 6.07) is 5.85. The van der Waals surface area contributed by atoms with Crippen molar-refractivity contribution in [1.29, 1.82) is 0 Å². The van der Waals surface area contributed by atoms with Crippen LogP contribution in [-0.4, -0.2) is 30.1 Å². The highest BCUT2D eigenvalue weighted by Crippen LogP contribution is 2.22. The number of imidazole rings is 1. The van der Waals surface area contributed by atoms with Gasteiger partial charge in [0.05, 0.1) is 6.20 Å². The molecular formula is C13H7ClFN7O. The first kappa shape index (κ1) is 13.6. The molecule has 0 aliphatic heterocycles. The number of fused-ring (bicyclic) bond motifs is 1. The molecule has 23 heavy (non-hydrogen) atoms. The van der Waals surface area contributed by atoms with Crippen LogP contribution < -0.4 is 5.32 Å². The number of rotatable bonds is 3. The fourth-order valence-electron chi connectivity index (χ4n) is 1.93. The Morgan fingerprint density at radius 3 is 2.78 bits per heavy atom. The summed E-state index contributed by atoms with van der Waals surface area (Å²) in [4.78, 5) is 15.0. The number of hydrogen-bond donors (Lipinski definition) is 2. The Balaban J connectivity index is 1.60. The van der Waals surface area contributed by atoms with Gasteiger partial charge in [0.2, 0.25) is 17.1 Å². The molecule has 0 saturated carbocycles. The predicted molar refractivity (Wildman–Crippen MR) is 79.7 cm³/mol. The molecular weight excluding hydrogens is 325 g/mol. The van der Waals surface area contributed by atoms with Crippen molar-refractivity contribution < 1.29 is 8.81 Å². The topological polar surface area (TPSA) is 105 Å². The fourth-order valence-corrected chi connectivity index (χ4v) is 2.06. The first-order chi connectivity index (χ1) is 11.2. The molecule has 0 fully saturated rings. The quantitative estimate of drug-likeness (QED) is 0.556. The molecule has 0 aliphatic rings. The van der Waals surface area contributed by atoms with Gasteiger partial charge in [-0.3, -0.25) is 5.32 Å². The second-order valence-electron chi connectivity index (χ2n) is 4.50. The molecule has 8 nitrogen and oxygen atoms in total. The third kappa shape index (κ3) is 2.69. The largest absolute Gasteiger partial charge is 0.403 e. The Labute approximate surface area is 132 Å². The molecule has 0 radical (unpaired) electrons. The highest BCUT2D eigenvalue weighted by molar-refractivity contribution is 6.28. The smallest absolute Gasteiger partial charge is 0.322 e. The van der Waals surface area contributed by atoms with E-state index in [9.17, 15) is 4.39 Å².